The Kier molecular flexibility index (Phi) is 14.1. The third kappa shape index (κ3) is 8.85. The summed E-state index contributed by atoms with van der Waals surface area (Å²) in [4.78, 5) is 51.8. The molecular weight excluding hydrogens is 597 g/mol. The van der Waals surface area contributed by atoms with Gasteiger partial charge in [-0.1, -0.05) is 31.9 Å². The number of benzene rings is 1. The number of fused-ring (bicyclic) bond motifs is 1. The summed E-state index contributed by atoms with van der Waals surface area (Å²) in [6, 6.07) is 3.46. The minimum atomic E-state index is -1.02. The Morgan fingerprint density at radius 3 is 2.51 bits per heavy atom. The molecule has 1 aliphatic rings. The van der Waals surface area contributed by atoms with Crippen LogP contribution in [-0.4, -0.2) is 54.0 Å². The number of methoxy groups -OCH3 is 1. The van der Waals surface area contributed by atoms with Gasteiger partial charge in [-0.15, -0.1) is 6.42 Å². The van der Waals surface area contributed by atoms with Crippen LogP contribution in [0.25, 0.3) is 21.5 Å². The number of nitrogens with one attached hydrogen (secondary N) is 3. The largest absolute Gasteiger partial charge is 1.00 e. The minimum absolute atomic E-state index is 0. The number of hydrogen-bond donors (Lipinski definition) is 3. The standard InChI is InChI=1S/C23H27N5O5.2Rb/c1-5-13(10-17-22(31)28-23(32)27-17)24-20(29)16(9-12(2)3)26-21(30)18-11-14-15(25-18)7-6-8-19(14)33-4;;/h1,6-8,11-13,16-17H,9-10H2,2-4H3,(H5,24,25,26,27,28,29,30,31,32);;/q;2*+1/p-2/t13?,16-,17?;;/m0../s1. The van der Waals surface area contributed by atoms with Gasteiger partial charge in [0.05, 0.1) is 13.2 Å². The van der Waals surface area contributed by atoms with Crippen LogP contribution in [0, 0.1) is 18.3 Å². The first-order chi connectivity index (χ1) is 15.7. The smallest absolute Gasteiger partial charge is 0.662 e. The van der Waals surface area contributed by atoms with E-state index in [0.29, 0.717) is 12.2 Å². The summed E-state index contributed by atoms with van der Waals surface area (Å²) >= 11 is 0. The normalized spacial score (nSPS) is 16.1. The SMILES string of the molecule is C#CC(CC1[N-]C(=O)[N-]C1=O)NC(=O)[C@H](CC(C)C)NC(=O)c1cc2c(OC)cccc2[nH]1.[Rb+].[Rb+]. The second kappa shape index (κ2) is 15.1. The molecule has 1 aliphatic heterocycles. The quantitative estimate of drug-likeness (QED) is 0.198. The van der Waals surface area contributed by atoms with Crippen LogP contribution in [0.4, 0.5) is 4.79 Å². The maximum Gasteiger partial charge on any atom is 1.00 e. The van der Waals surface area contributed by atoms with E-state index in [1.165, 1.54) is 0 Å². The van der Waals surface area contributed by atoms with Gasteiger partial charge >= 0.3 is 116 Å². The third-order valence-electron chi connectivity index (χ3n) is 5.15. The molecular formula is C23H25N5O5Rb2. The van der Waals surface area contributed by atoms with Crippen molar-refractivity contribution in [2.75, 3.05) is 7.11 Å². The number of imide groups is 1. The van der Waals surface area contributed by atoms with Gasteiger partial charge in [0.25, 0.3) is 5.91 Å². The number of hydrogen-bond acceptors (Lipinski definition) is 5. The second-order valence-corrected chi connectivity index (χ2v) is 8.10. The van der Waals surface area contributed by atoms with Gasteiger partial charge in [0.2, 0.25) is 5.91 Å². The number of rotatable bonds is 9. The number of amides is 5. The molecule has 12 heteroatoms. The molecule has 0 saturated carbocycles. The predicted molar refractivity (Wildman–Crippen MR) is 122 cm³/mol. The van der Waals surface area contributed by atoms with Crippen LogP contribution in [0.15, 0.2) is 24.3 Å². The molecule has 2 aromatic rings. The van der Waals surface area contributed by atoms with Crippen molar-refractivity contribution in [1.29, 1.82) is 0 Å². The summed E-state index contributed by atoms with van der Waals surface area (Å²) in [6.07, 6.45) is 5.81. The van der Waals surface area contributed by atoms with Gasteiger partial charge < -0.3 is 40.6 Å². The van der Waals surface area contributed by atoms with Gasteiger partial charge in [0.1, 0.15) is 17.5 Å². The molecule has 0 radical (unpaired) electrons. The number of carbonyl (C=O) groups excluding carboxylic acids is 4. The average Bonchev–Trinajstić information content (AvgIpc) is 3.34. The predicted octanol–water partition coefficient (Wildman–Crippen LogP) is -3.39. The fourth-order valence-electron chi connectivity index (χ4n) is 3.57. The van der Waals surface area contributed by atoms with Gasteiger partial charge in [-0.25, -0.2) is 0 Å². The number of terminal acetylenes is 1. The first kappa shape index (κ1) is 32.6. The molecule has 3 atom stereocenters. The number of H-pyrrole nitrogens is 1. The molecule has 35 heavy (non-hydrogen) atoms. The number of ether oxygens (including phenoxy) is 1. The van der Waals surface area contributed by atoms with E-state index in [2.05, 4.69) is 32.2 Å². The molecule has 10 nitrogen and oxygen atoms in total. The van der Waals surface area contributed by atoms with Crippen molar-refractivity contribution in [3.05, 3.63) is 40.6 Å². The Hall–Kier alpha value is -0.390. The zero-order valence-electron chi connectivity index (χ0n) is 20.5. The van der Waals surface area contributed by atoms with Crippen molar-refractivity contribution < 1.29 is 140 Å². The van der Waals surface area contributed by atoms with Crippen molar-refractivity contribution in [2.45, 2.75) is 44.8 Å². The van der Waals surface area contributed by atoms with Crippen LogP contribution in [0.5, 0.6) is 5.75 Å². The average molecular weight is 622 g/mol. The van der Waals surface area contributed by atoms with E-state index >= 15 is 0 Å². The summed E-state index contributed by atoms with van der Waals surface area (Å²) in [6.45, 7) is 3.84. The molecule has 174 valence electrons. The van der Waals surface area contributed by atoms with Crippen LogP contribution in [0.2, 0.25) is 0 Å². The number of carbonyl (C=O) groups is 4. The fraction of sp³-hybridized carbons (Fsp3) is 0.391. The van der Waals surface area contributed by atoms with Crippen molar-refractivity contribution in [1.82, 2.24) is 15.6 Å². The van der Waals surface area contributed by atoms with Crippen LogP contribution in [0.1, 0.15) is 37.2 Å². The Morgan fingerprint density at radius 2 is 1.94 bits per heavy atom. The molecule has 0 spiro atoms. The monoisotopic (exact) mass is 621 g/mol. The third-order valence-corrected chi connectivity index (χ3v) is 5.15. The fourth-order valence-corrected chi connectivity index (χ4v) is 3.57. The van der Waals surface area contributed by atoms with Gasteiger partial charge in [0, 0.05) is 16.8 Å². The molecule has 0 bridgehead atoms. The van der Waals surface area contributed by atoms with Crippen molar-refractivity contribution in [2.24, 2.45) is 5.92 Å². The van der Waals surface area contributed by atoms with Gasteiger partial charge in [-0.3, -0.25) is 9.59 Å². The van der Waals surface area contributed by atoms with Gasteiger partial charge in [-0.05, 0) is 43.0 Å². The Balaban J connectivity index is 0.00000306. The Bertz CT molecular complexity index is 1130. The molecule has 2 heterocycles. The van der Waals surface area contributed by atoms with Crippen LogP contribution < -0.4 is 132 Å². The number of aromatic amines is 1. The molecule has 5 amide bonds. The molecule has 1 fully saturated rings. The first-order valence-corrected chi connectivity index (χ1v) is 10.4. The molecule has 1 saturated heterocycles. The topological polar surface area (TPSA) is 146 Å². The maximum atomic E-state index is 12.9. The van der Waals surface area contributed by atoms with Crippen LogP contribution >= 0.6 is 0 Å². The van der Waals surface area contributed by atoms with Gasteiger partial charge in [-0.2, -0.15) is 0 Å². The Morgan fingerprint density at radius 1 is 1.23 bits per heavy atom. The van der Waals surface area contributed by atoms with E-state index in [-0.39, 0.29) is 134 Å². The summed E-state index contributed by atoms with van der Waals surface area (Å²) in [5.74, 6) is 1.46. The molecule has 1 aromatic carbocycles. The van der Waals surface area contributed by atoms with E-state index < -0.39 is 41.9 Å². The number of urea groups is 1. The summed E-state index contributed by atoms with van der Waals surface area (Å²) in [7, 11) is 1.54. The minimum Gasteiger partial charge on any atom is -0.662 e. The molecule has 3 N–H and O–H groups in total. The van der Waals surface area contributed by atoms with Crippen LogP contribution in [-0.2, 0) is 9.59 Å². The summed E-state index contributed by atoms with van der Waals surface area (Å²) in [5.41, 5.74) is 1.00. The van der Waals surface area contributed by atoms with E-state index in [1.54, 1.807) is 25.3 Å². The second-order valence-electron chi connectivity index (χ2n) is 8.10. The van der Waals surface area contributed by atoms with Crippen molar-refractivity contribution in [3.8, 4) is 18.1 Å². The zero-order chi connectivity index (χ0) is 24.1. The first-order valence-electron chi connectivity index (χ1n) is 10.4. The summed E-state index contributed by atoms with van der Waals surface area (Å²) in [5, 5.41) is 13.0. The van der Waals surface area contributed by atoms with E-state index in [4.69, 9.17) is 11.2 Å². The number of nitrogens with zero attached hydrogens (tertiary/aromatic N) is 2. The molecule has 0 aliphatic carbocycles. The zero-order valence-corrected chi connectivity index (χ0v) is 30.4. The van der Waals surface area contributed by atoms with Crippen molar-refractivity contribution >= 4 is 34.7 Å². The van der Waals surface area contributed by atoms with E-state index in [9.17, 15) is 19.2 Å². The van der Waals surface area contributed by atoms with E-state index in [1.807, 2.05) is 19.9 Å². The molecule has 1 aromatic heterocycles. The molecule has 2 unspecified atom stereocenters. The van der Waals surface area contributed by atoms with Gasteiger partial charge in [0.15, 0.2) is 0 Å². The number of aromatic nitrogens is 1. The van der Waals surface area contributed by atoms with E-state index in [0.717, 1.165) is 10.9 Å². The Labute approximate surface area is 301 Å². The van der Waals surface area contributed by atoms with Crippen molar-refractivity contribution in [3.63, 3.8) is 0 Å². The molecule has 3 rings (SSSR count). The summed E-state index contributed by atoms with van der Waals surface area (Å²) < 4.78 is 5.32. The van der Waals surface area contributed by atoms with Crippen LogP contribution in [0.3, 0.4) is 0 Å². The maximum absolute atomic E-state index is 12.9.